The van der Waals surface area contributed by atoms with Crippen molar-refractivity contribution in [2.24, 2.45) is 0 Å². The van der Waals surface area contributed by atoms with Crippen molar-refractivity contribution in [3.63, 3.8) is 0 Å². The van der Waals surface area contributed by atoms with Crippen LogP contribution in [0, 0.1) is 0 Å². The van der Waals surface area contributed by atoms with Crippen molar-refractivity contribution in [2.75, 3.05) is 0 Å². The Morgan fingerprint density at radius 3 is 2.48 bits per heavy atom. The first kappa shape index (κ1) is 27.0. The molecule has 7 nitrogen and oxygen atoms in total. The highest BCUT2D eigenvalue weighted by Gasteiger charge is 2.61. The molecule has 9 heteroatoms. The van der Waals surface area contributed by atoms with Crippen LogP contribution in [0.25, 0.3) is 33.1 Å². The average molecular weight is 635 g/mol. The smallest absolute Gasteiger partial charge is 0.171 e. The molecule has 0 amide bonds. The molecule has 0 radical (unpaired) electrons. The van der Waals surface area contributed by atoms with Crippen molar-refractivity contribution in [3.8, 4) is 0 Å². The number of hydrogen-bond acceptors (Lipinski definition) is 7. The highest BCUT2D eigenvalue weighted by Crippen LogP contribution is 2.65. The van der Waals surface area contributed by atoms with E-state index in [0.717, 1.165) is 65.8 Å². The Labute approximate surface area is 272 Å². The van der Waals surface area contributed by atoms with Gasteiger partial charge < -0.3 is 9.40 Å². The zero-order valence-corrected chi connectivity index (χ0v) is 26.0. The fourth-order valence-electron chi connectivity index (χ4n) is 6.77. The first-order valence-corrected chi connectivity index (χ1v) is 16.6. The van der Waals surface area contributed by atoms with E-state index in [0.29, 0.717) is 0 Å². The van der Waals surface area contributed by atoms with Gasteiger partial charge in [-0.2, -0.15) is 5.10 Å². The third-order valence-corrected chi connectivity index (χ3v) is 10.6. The minimum Gasteiger partial charge on any atom is -0.466 e. The molecule has 0 spiro atoms. The van der Waals surface area contributed by atoms with E-state index in [2.05, 4.69) is 98.3 Å². The predicted octanol–water partition coefficient (Wildman–Crippen LogP) is 9.11. The number of thiazole rings is 1. The molecule has 46 heavy (non-hydrogen) atoms. The van der Waals surface area contributed by atoms with E-state index in [1.165, 1.54) is 0 Å². The van der Waals surface area contributed by atoms with Crippen LogP contribution in [0.4, 0.5) is 0 Å². The molecule has 5 heterocycles. The first-order valence-electron chi connectivity index (χ1n) is 15.0. The van der Waals surface area contributed by atoms with Crippen LogP contribution in [0.2, 0.25) is 0 Å². The van der Waals surface area contributed by atoms with Gasteiger partial charge in [-0.1, -0.05) is 72.8 Å². The molecule has 9 rings (SSSR count). The number of nitrogens with one attached hydrogen (secondary N) is 2. The fraction of sp³-hybridized carbons (Fsp3) is 0.0541. The normalized spacial score (nSPS) is 18.3. The summed E-state index contributed by atoms with van der Waals surface area (Å²) in [5.74, 6) is 1.25. The summed E-state index contributed by atoms with van der Waals surface area (Å²) in [6, 6.07) is 39.8. The topological polar surface area (TPSA) is 86.6 Å². The van der Waals surface area contributed by atoms with Crippen LogP contribution in [0.3, 0.4) is 0 Å². The van der Waals surface area contributed by atoms with E-state index >= 15 is 0 Å². The summed E-state index contributed by atoms with van der Waals surface area (Å²) in [7, 11) is 0. The molecular weight excluding hydrogens is 609 g/mol. The number of H-pyrrole nitrogens is 2. The molecule has 222 valence electrons. The number of hydrogen-bond donors (Lipinski definition) is 2. The summed E-state index contributed by atoms with van der Waals surface area (Å²) >= 11 is 3.29. The average Bonchev–Trinajstić information content (AvgIpc) is 3.94. The minimum absolute atomic E-state index is 0.314. The third-order valence-electron chi connectivity index (χ3n) is 8.61. The molecule has 4 aromatic heterocycles. The van der Waals surface area contributed by atoms with Crippen LogP contribution in [0.5, 0.6) is 0 Å². The van der Waals surface area contributed by atoms with E-state index in [1.807, 2.05) is 48.0 Å². The van der Waals surface area contributed by atoms with Crippen LogP contribution < -0.4 is 0 Å². The monoisotopic (exact) mass is 634 g/mol. The molecule has 4 aromatic carbocycles. The lowest BCUT2D eigenvalue weighted by atomic mass is 9.74. The summed E-state index contributed by atoms with van der Waals surface area (Å²) in [6.45, 7) is 0. The lowest BCUT2D eigenvalue weighted by Crippen LogP contribution is -2.43. The van der Waals surface area contributed by atoms with Crippen molar-refractivity contribution in [2.45, 2.75) is 16.4 Å². The molecule has 2 N–H and O–H groups in total. The second-order valence-electron chi connectivity index (χ2n) is 11.1. The van der Waals surface area contributed by atoms with Gasteiger partial charge in [0, 0.05) is 28.2 Å². The van der Waals surface area contributed by atoms with Crippen molar-refractivity contribution >= 4 is 56.4 Å². The first-order chi connectivity index (χ1) is 22.8. The Hall–Kier alpha value is -5.38. The molecular formula is C37H26N6OS2. The Balaban J connectivity index is 1.47. The lowest BCUT2D eigenvalue weighted by Gasteiger charge is -2.41. The summed E-state index contributed by atoms with van der Waals surface area (Å²) in [4.78, 5) is 15.1. The number of furan rings is 1. The standard InChI is InChI=1S/C37H26N6OS2/c1-2-12-25(13-3-1)46-43-34(30-19-20-39-42-30)32(35-40-28-16-6-7-17-29(28)41-35)33(27-15-8-11-24-10-4-5-14-26(24)27)37(43,31-18-9-22-44-31)36-38-21-23-45-36/h1-23,33H,(H,39,42)(H,40,41). The highest BCUT2D eigenvalue weighted by molar-refractivity contribution is 7.97. The van der Waals surface area contributed by atoms with Crippen LogP contribution in [0.1, 0.15) is 33.8 Å². The van der Waals surface area contributed by atoms with E-state index < -0.39 is 5.54 Å². The maximum atomic E-state index is 6.51. The molecule has 1 aliphatic rings. The number of rotatable bonds is 7. The van der Waals surface area contributed by atoms with E-state index in [9.17, 15) is 0 Å². The Morgan fingerprint density at radius 2 is 1.67 bits per heavy atom. The second-order valence-corrected chi connectivity index (χ2v) is 13.0. The van der Waals surface area contributed by atoms with E-state index in [-0.39, 0.29) is 5.92 Å². The molecule has 0 aliphatic carbocycles. The van der Waals surface area contributed by atoms with Crippen LogP contribution in [0.15, 0.2) is 149 Å². The van der Waals surface area contributed by atoms with Gasteiger partial charge in [0.1, 0.15) is 16.6 Å². The summed E-state index contributed by atoms with van der Waals surface area (Å²) in [5.41, 5.74) is 4.94. The predicted molar refractivity (Wildman–Crippen MR) is 184 cm³/mol. The molecule has 2 atom stereocenters. The molecule has 0 fully saturated rings. The van der Waals surface area contributed by atoms with E-state index in [4.69, 9.17) is 14.4 Å². The van der Waals surface area contributed by atoms with Gasteiger partial charge in [-0.25, -0.2) is 9.97 Å². The third kappa shape index (κ3) is 4.09. The van der Waals surface area contributed by atoms with Gasteiger partial charge in [0.25, 0.3) is 0 Å². The van der Waals surface area contributed by atoms with Gasteiger partial charge in [0.05, 0.1) is 34.6 Å². The zero-order valence-electron chi connectivity index (χ0n) is 24.4. The lowest BCUT2D eigenvalue weighted by molar-refractivity contribution is 0.269. The van der Waals surface area contributed by atoms with Gasteiger partial charge in [-0.3, -0.25) is 9.40 Å². The molecule has 0 saturated carbocycles. The number of aromatic nitrogens is 5. The number of imidazole rings is 1. The van der Waals surface area contributed by atoms with E-state index in [1.54, 1.807) is 35.7 Å². The fourth-order valence-corrected chi connectivity index (χ4v) is 8.90. The van der Waals surface area contributed by atoms with Gasteiger partial charge in [-0.15, -0.1) is 11.3 Å². The minimum atomic E-state index is -0.920. The maximum absolute atomic E-state index is 6.51. The molecule has 0 saturated heterocycles. The Morgan fingerprint density at radius 1 is 0.826 bits per heavy atom. The number of benzene rings is 4. The van der Waals surface area contributed by atoms with Crippen molar-refractivity contribution < 1.29 is 4.42 Å². The largest absolute Gasteiger partial charge is 0.466 e. The van der Waals surface area contributed by atoms with Gasteiger partial charge >= 0.3 is 0 Å². The van der Waals surface area contributed by atoms with Crippen molar-refractivity contribution in [3.05, 3.63) is 167 Å². The zero-order chi connectivity index (χ0) is 30.5. The summed E-state index contributed by atoms with van der Waals surface area (Å²) in [5, 5.41) is 13.0. The van der Waals surface area contributed by atoms with Crippen molar-refractivity contribution in [1.82, 2.24) is 29.5 Å². The highest BCUT2D eigenvalue weighted by atomic mass is 32.2. The quantitative estimate of drug-likeness (QED) is 0.170. The van der Waals surface area contributed by atoms with Crippen LogP contribution in [-0.4, -0.2) is 29.5 Å². The SMILES string of the molecule is c1ccc(SN2C(c3ccn[nH]3)=C(c3nc4ccccc4[nH]3)C(c3cccc4ccccc34)C2(c2ccco2)c2nccs2)cc1. The summed E-state index contributed by atoms with van der Waals surface area (Å²) in [6.07, 6.45) is 5.43. The number of fused-ring (bicyclic) bond motifs is 2. The number of aromatic amines is 2. The molecule has 0 bridgehead atoms. The second kappa shape index (κ2) is 10.9. The maximum Gasteiger partial charge on any atom is 0.171 e. The van der Waals surface area contributed by atoms with Gasteiger partial charge in [0.15, 0.2) is 5.54 Å². The molecule has 2 unspecified atom stereocenters. The summed E-state index contributed by atoms with van der Waals surface area (Å²) < 4.78 is 8.89. The van der Waals surface area contributed by atoms with Crippen LogP contribution >= 0.6 is 23.3 Å². The number of nitrogens with zero attached hydrogens (tertiary/aromatic N) is 4. The number of para-hydroxylation sites is 2. The molecule has 1 aliphatic heterocycles. The van der Waals surface area contributed by atoms with Crippen LogP contribution in [-0.2, 0) is 5.54 Å². The Bertz CT molecular complexity index is 2240. The van der Waals surface area contributed by atoms with Crippen molar-refractivity contribution in [1.29, 1.82) is 0 Å². The Kier molecular flexibility index (Phi) is 6.39. The molecule has 8 aromatic rings. The van der Waals surface area contributed by atoms with Gasteiger partial charge in [0.2, 0.25) is 0 Å². The van der Waals surface area contributed by atoms with Gasteiger partial charge in [-0.05, 0) is 70.7 Å².